The summed E-state index contributed by atoms with van der Waals surface area (Å²) in [6.07, 6.45) is 1.59. The van der Waals surface area contributed by atoms with E-state index >= 15 is 0 Å². The molecule has 0 aliphatic heterocycles. The summed E-state index contributed by atoms with van der Waals surface area (Å²) >= 11 is 0. The molecule has 0 bridgehead atoms. The number of methoxy groups -OCH3 is 1. The minimum absolute atomic E-state index is 0.152. The molecule has 3 aromatic rings. The quantitative estimate of drug-likeness (QED) is 0.759. The van der Waals surface area contributed by atoms with E-state index in [1.807, 2.05) is 30.3 Å². The Hall–Kier alpha value is -3.48. The largest absolute Gasteiger partial charge is 0.481 e. The van der Waals surface area contributed by atoms with Crippen LogP contribution in [0, 0.1) is 6.92 Å². The summed E-state index contributed by atoms with van der Waals surface area (Å²) in [5, 5.41) is 6.95. The van der Waals surface area contributed by atoms with Gasteiger partial charge in [0, 0.05) is 30.6 Å². The topological polar surface area (TPSA) is 86.1 Å². The van der Waals surface area contributed by atoms with Crippen LogP contribution in [0.4, 0.5) is 0 Å². The summed E-state index contributed by atoms with van der Waals surface area (Å²) in [4.78, 5) is 28.7. The molecule has 3 rings (SSSR count). The van der Waals surface area contributed by atoms with Crippen molar-refractivity contribution in [2.75, 3.05) is 7.11 Å². The van der Waals surface area contributed by atoms with Gasteiger partial charge in [0.1, 0.15) is 0 Å². The Kier molecular flexibility index (Phi) is 5.07. The van der Waals surface area contributed by atoms with Gasteiger partial charge in [-0.15, -0.1) is 0 Å². The number of nitrogens with one attached hydrogen (secondary N) is 1. The third-order valence-corrected chi connectivity index (χ3v) is 3.78. The first-order valence-electron chi connectivity index (χ1n) is 8.02. The molecule has 0 saturated heterocycles. The summed E-state index contributed by atoms with van der Waals surface area (Å²) in [7, 11) is 1.52. The third kappa shape index (κ3) is 3.77. The normalized spacial score (nSPS) is 10.4. The zero-order valence-electron chi connectivity index (χ0n) is 14.5. The van der Waals surface area contributed by atoms with Crippen molar-refractivity contribution in [2.45, 2.75) is 13.5 Å². The molecule has 0 unspecified atom stereocenters. The van der Waals surface area contributed by atoms with Gasteiger partial charge in [0.05, 0.1) is 12.8 Å². The molecule has 0 spiro atoms. The average molecular weight is 350 g/mol. The predicted molar refractivity (Wildman–Crippen MR) is 96.5 cm³/mol. The van der Waals surface area contributed by atoms with Gasteiger partial charge < -0.3 is 10.1 Å². The van der Waals surface area contributed by atoms with E-state index in [-0.39, 0.29) is 12.2 Å². The van der Waals surface area contributed by atoms with Crippen LogP contribution in [-0.4, -0.2) is 27.8 Å². The Bertz CT molecular complexity index is 984. The molecule has 132 valence electrons. The van der Waals surface area contributed by atoms with Gasteiger partial charge >= 0.3 is 0 Å². The lowest BCUT2D eigenvalue weighted by molar-refractivity contribution is 0.0943. The Morgan fingerprint density at radius 2 is 1.96 bits per heavy atom. The first-order valence-corrected chi connectivity index (χ1v) is 8.02. The lowest BCUT2D eigenvalue weighted by atomic mass is 10.2. The van der Waals surface area contributed by atoms with Gasteiger partial charge in [0.15, 0.2) is 5.69 Å². The van der Waals surface area contributed by atoms with Gasteiger partial charge in [-0.2, -0.15) is 5.10 Å². The monoisotopic (exact) mass is 350 g/mol. The number of hydrogen-bond acceptors (Lipinski definition) is 5. The van der Waals surface area contributed by atoms with Crippen LogP contribution in [0.25, 0.3) is 5.69 Å². The molecule has 0 fully saturated rings. The highest BCUT2D eigenvalue weighted by Crippen LogP contribution is 2.09. The van der Waals surface area contributed by atoms with Crippen LogP contribution in [-0.2, 0) is 6.54 Å². The second kappa shape index (κ2) is 7.60. The van der Waals surface area contributed by atoms with Gasteiger partial charge in [0.2, 0.25) is 11.3 Å². The molecule has 26 heavy (non-hydrogen) atoms. The molecular weight excluding hydrogens is 332 g/mol. The van der Waals surface area contributed by atoms with Gasteiger partial charge in [-0.05, 0) is 30.7 Å². The summed E-state index contributed by atoms with van der Waals surface area (Å²) in [5.41, 5.74) is 1.66. The van der Waals surface area contributed by atoms with Gasteiger partial charge in [-0.1, -0.05) is 18.2 Å². The molecule has 7 heteroatoms. The highest BCUT2D eigenvalue weighted by atomic mass is 16.5. The van der Waals surface area contributed by atoms with Crippen LogP contribution in [0.15, 0.2) is 59.5 Å². The number of carbonyl (C=O) groups excluding carboxylic acids is 1. The van der Waals surface area contributed by atoms with Gasteiger partial charge in [-0.3, -0.25) is 9.59 Å². The van der Waals surface area contributed by atoms with Crippen molar-refractivity contribution < 1.29 is 9.53 Å². The number of carbonyl (C=O) groups is 1. The number of ether oxygens (including phenoxy) is 1. The minimum Gasteiger partial charge on any atom is -0.481 e. The SMILES string of the molecule is COc1cc(CNC(=O)c2nn(-c3ccccc3)c(C)cc2=O)ccn1. The van der Waals surface area contributed by atoms with Gasteiger partial charge in [-0.25, -0.2) is 9.67 Å². The smallest absolute Gasteiger partial charge is 0.276 e. The van der Waals surface area contributed by atoms with Crippen LogP contribution in [0.2, 0.25) is 0 Å². The van der Waals surface area contributed by atoms with E-state index in [1.165, 1.54) is 13.2 Å². The zero-order valence-corrected chi connectivity index (χ0v) is 14.5. The second-order valence-corrected chi connectivity index (χ2v) is 5.64. The molecule has 0 aliphatic rings. The number of hydrogen-bond donors (Lipinski definition) is 1. The van der Waals surface area contributed by atoms with E-state index in [0.29, 0.717) is 11.6 Å². The van der Waals surface area contributed by atoms with E-state index in [0.717, 1.165) is 11.3 Å². The summed E-state index contributed by atoms with van der Waals surface area (Å²) in [6.45, 7) is 2.00. The number of pyridine rings is 1. The highest BCUT2D eigenvalue weighted by molar-refractivity contribution is 5.92. The maximum atomic E-state index is 12.5. The average Bonchev–Trinajstić information content (AvgIpc) is 2.67. The molecule has 0 radical (unpaired) electrons. The van der Waals surface area contributed by atoms with E-state index < -0.39 is 11.3 Å². The predicted octanol–water partition coefficient (Wildman–Crippen LogP) is 1.87. The molecule has 1 amide bonds. The number of rotatable bonds is 5. The number of nitrogens with zero attached hydrogens (tertiary/aromatic N) is 3. The number of amides is 1. The number of aromatic nitrogens is 3. The molecule has 1 aromatic carbocycles. The van der Waals surface area contributed by atoms with Crippen molar-refractivity contribution in [3.05, 3.63) is 81.9 Å². The van der Waals surface area contributed by atoms with Crippen molar-refractivity contribution in [1.82, 2.24) is 20.1 Å². The van der Waals surface area contributed by atoms with Gasteiger partial charge in [0.25, 0.3) is 5.91 Å². The fourth-order valence-electron chi connectivity index (χ4n) is 2.47. The molecule has 2 aromatic heterocycles. The van der Waals surface area contributed by atoms with Crippen molar-refractivity contribution >= 4 is 5.91 Å². The molecule has 1 N–H and O–H groups in total. The lowest BCUT2D eigenvalue weighted by Crippen LogP contribution is -2.31. The molecule has 0 saturated carbocycles. The van der Waals surface area contributed by atoms with Crippen LogP contribution < -0.4 is 15.5 Å². The molecule has 2 heterocycles. The minimum atomic E-state index is -0.532. The van der Waals surface area contributed by atoms with E-state index in [1.54, 1.807) is 29.9 Å². The summed E-state index contributed by atoms with van der Waals surface area (Å²) < 4.78 is 6.63. The second-order valence-electron chi connectivity index (χ2n) is 5.64. The zero-order chi connectivity index (χ0) is 18.5. The number of aryl methyl sites for hydroxylation is 1. The van der Waals surface area contributed by atoms with Crippen LogP contribution in [0.5, 0.6) is 5.88 Å². The Morgan fingerprint density at radius 1 is 1.19 bits per heavy atom. The van der Waals surface area contributed by atoms with Crippen LogP contribution in [0.1, 0.15) is 21.7 Å². The van der Waals surface area contributed by atoms with Crippen LogP contribution >= 0.6 is 0 Å². The first kappa shape index (κ1) is 17.3. The van der Waals surface area contributed by atoms with Crippen LogP contribution in [0.3, 0.4) is 0 Å². The van der Waals surface area contributed by atoms with E-state index in [9.17, 15) is 9.59 Å². The van der Waals surface area contributed by atoms with Crippen molar-refractivity contribution in [1.29, 1.82) is 0 Å². The Labute approximate surface area is 150 Å². The van der Waals surface area contributed by atoms with Crippen molar-refractivity contribution in [3.63, 3.8) is 0 Å². The van der Waals surface area contributed by atoms with E-state index in [2.05, 4.69) is 15.4 Å². The fourth-order valence-corrected chi connectivity index (χ4v) is 2.47. The van der Waals surface area contributed by atoms with E-state index in [4.69, 9.17) is 4.74 Å². The van der Waals surface area contributed by atoms with Crippen molar-refractivity contribution in [2.24, 2.45) is 0 Å². The first-order chi connectivity index (χ1) is 12.6. The summed E-state index contributed by atoms with van der Waals surface area (Å²) in [6, 6.07) is 14.2. The third-order valence-electron chi connectivity index (χ3n) is 3.78. The number of para-hydroxylation sites is 1. The lowest BCUT2D eigenvalue weighted by Gasteiger charge is -2.11. The molecule has 0 atom stereocenters. The molecule has 7 nitrogen and oxygen atoms in total. The van der Waals surface area contributed by atoms with Crippen molar-refractivity contribution in [3.8, 4) is 11.6 Å². The Morgan fingerprint density at radius 3 is 2.69 bits per heavy atom. The molecule has 0 aliphatic carbocycles. The Balaban J connectivity index is 1.84. The standard InChI is InChI=1S/C19H18N4O3/c1-13-10-16(24)18(22-23(13)15-6-4-3-5-7-15)19(25)21-12-14-8-9-20-17(11-14)26-2/h3-11H,12H2,1-2H3,(H,21,25). The summed E-state index contributed by atoms with van der Waals surface area (Å²) in [5.74, 6) is -0.0768. The highest BCUT2D eigenvalue weighted by Gasteiger charge is 2.15. The number of benzene rings is 1. The maximum Gasteiger partial charge on any atom is 0.276 e. The molecular formula is C19H18N4O3. The fraction of sp³-hybridized carbons (Fsp3) is 0.158. The maximum absolute atomic E-state index is 12.5.